The quantitative estimate of drug-likeness (QED) is 0.156. The summed E-state index contributed by atoms with van der Waals surface area (Å²) in [5.41, 5.74) is 2.92. The third-order valence-corrected chi connectivity index (χ3v) is 8.16. The van der Waals surface area contributed by atoms with Crippen molar-refractivity contribution in [1.29, 1.82) is 0 Å². The summed E-state index contributed by atoms with van der Waals surface area (Å²) in [6.07, 6.45) is -4.41. The van der Waals surface area contributed by atoms with E-state index < -0.39 is 11.7 Å². The number of fused-ring (bicyclic) bond motifs is 2. The minimum Gasteiger partial charge on any atom is -0.166 e. The maximum atomic E-state index is 13.7. The number of hydrogen-bond acceptors (Lipinski definition) is 0. The fourth-order valence-corrected chi connectivity index (χ4v) is 6.50. The van der Waals surface area contributed by atoms with Crippen LogP contribution in [0.3, 0.4) is 0 Å². The summed E-state index contributed by atoms with van der Waals surface area (Å²) in [6.45, 7) is 0. The van der Waals surface area contributed by atoms with E-state index in [0.29, 0.717) is 5.56 Å². The minimum atomic E-state index is -4.41. The molecule has 0 saturated carbocycles. The van der Waals surface area contributed by atoms with Crippen LogP contribution >= 0.6 is 0 Å². The first-order chi connectivity index (χ1) is 19.5. The highest BCUT2D eigenvalue weighted by Gasteiger charge is 2.31. The van der Waals surface area contributed by atoms with Crippen LogP contribution in [-0.4, -0.2) is 0 Å². The molecule has 8 aromatic rings. The highest BCUT2D eigenvalue weighted by atomic mass is 19.4. The SMILES string of the molecule is FC(F)(F)c1cccc(-c2c3ccccc3c(-c3cc4ccc5cccc6ccc(c3)c4c56)c3ccccc23)c1. The van der Waals surface area contributed by atoms with Crippen LogP contribution in [0.25, 0.3) is 76.1 Å². The molecule has 0 amide bonds. The summed E-state index contributed by atoms with van der Waals surface area (Å²) in [7, 11) is 0. The zero-order valence-electron chi connectivity index (χ0n) is 21.3. The summed E-state index contributed by atoms with van der Waals surface area (Å²) in [5, 5.41) is 11.2. The molecule has 8 aromatic carbocycles. The summed E-state index contributed by atoms with van der Waals surface area (Å²) in [4.78, 5) is 0. The van der Waals surface area contributed by atoms with Gasteiger partial charge in [-0.05, 0) is 100 Å². The lowest BCUT2D eigenvalue weighted by molar-refractivity contribution is -0.137. The van der Waals surface area contributed by atoms with E-state index in [0.717, 1.165) is 44.3 Å². The Morgan fingerprint density at radius 1 is 0.375 bits per heavy atom. The lowest BCUT2D eigenvalue weighted by Crippen LogP contribution is -2.04. The molecule has 0 spiro atoms. The molecular weight excluding hydrogens is 501 g/mol. The van der Waals surface area contributed by atoms with Crippen molar-refractivity contribution in [2.24, 2.45) is 0 Å². The van der Waals surface area contributed by atoms with Gasteiger partial charge in [-0.1, -0.05) is 103 Å². The number of alkyl halides is 3. The predicted octanol–water partition coefficient (Wildman–Crippen LogP) is 11.2. The van der Waals surface area contributed by atoms with Crippen molar-refractivity contribution in [2.45, 2.75) is 6.18 Å². The number of halogens is 3. The third kappa shape index (κ3) is 3.34. The minimum absolute atomic E-state index is 0.560. The fourth-order valence-electron chi connectivity index (χ4n) is 6.50. The molecule has 0 unspecified atom stereocenters. The molecule has 0 aliphatic carbocycles. The summed E-state index contributed by atoms with van der Waals surface area (Å²) in [5.74, 6) is 0. The zero-order valence-corrected chi connectivity index (χ0v) is 21.3. The van der Waals surface area contributed by atoms with Crippen LogP contribution in [-0.2, 0) is 6.18 Å². The molecular formula is C37H21F3. The molecule has 0 atom stereocenters. The fraction of sp³-hybridized carbons (Fsp3) is 0.0270. The number of rotatable bonds is 2. The van der Waals surface area contributed by atoms with Gasteiger partial charge in [-0.25, -0.2) is 0 Å². The molecule has 3 heteroatoms. The van der Waals surface area contributed by atoms with Gasteiger partial charge in [0.15, 0.2) is 0 Å². The molecule has 190 valence electrons. The van der Waals surface area contributed by atoms with Gasteiger partial charge in [-0.2, -0.15) is 13.2 Å². The Labute approximate surface area is 228 Å². The Morgan fingerprint density at radius 3 is 1.35 bits per heavy atom. The van der Waals surface area contributed by atoms with E-state index in [2.05, 4.69) is 66.7 Å². The molecule has 0 saturated heterocycles. The van der Waals surface area contributed by atoms with Crippen LogP contribution in [0.2, 0.25) is 0 Å². The first-order valence-electron chi connectivity index (χ1n) is 13.3. The summed E-state index contributed by atoms with van der Waals surface area (Å²) in [6, 6.07) is 41.4. The second-order valence-corrected chi connectivity index (χ2v) is 10.4. The van der Waals surface area contributed by atoms with Crippen molar-refractivity contribution in [3.8, 4) is 22.3 Å². The van der Waals surface area contributed by atoms with Crippen molar-refractivity contribution >= 4 is 53.9 Å². The Hall–Kier alpha value is -4.89. The van der Waals surface area contributed by atoms with Crippen LogP contribution in [0.1, 0.15) is 5.56 Å². The van der Waals surface area contributed by atoms with Gasteiger partial charge in [0.1, 0.15) is 0 Å². The zero-order chi connectivity index (χ0) is 27.0. The molecule has 0 aliphatic rings. The lowest BCUT2D eigenvalue weighted by Gasteiger charge is -2.19. The maximum Gasteiger partial charge on any atom is 0.416 e. The van der Waals surface area contributed by atoms with Gasteiger partial charge in [-0.3, -0.25) is 0 Å². The van der Waals surface area contributed by atoms with Gasteiger partial charge < -0.3 is 0 Å². The second-order valence-electron chi connectivity index (χ2n) is 10.4. The van der Waals surface area contributed by atoms with E-state index >= 15 is 0 Å². The van der Waals surface area contributed by atoms with E-state index in [-0.39, 0.29) is 0 Å². The molecule has 0 N–H and O–H groups in total. The molecule has 8 rings (SSSR count). The van der Waals surface area contributed by atoms with Crippen LogP contribution < -0.4 is 0 Å². The second kappa shape index (κ2) is 8.30. The van der Waals surface area contributed by atoms with Crippen molar-refractivity contribution in [2.75, 3.05) is 0 Å². The van der Waals surface area contributed by atoms with Gasteiger partial charge in [0.05, 0.1) is 5.56 Å². The van der Waals surface area contributed by atoms with Gasteiger partial charge >= 0.3 is 6.18 Å². The van der Waals surface area contributed by atoms with Crippen molar-refractivity contribution in [3.05, 3.63) is 133 Å². The molecule has 0 fully saturated rings. The average molecular weight is 523 g/mol. The van der Waals surface area contributed by atoms with E-state index in [1.165, 1.54) is 44.5 Å². The summed E-state index contributed by atoms with van der Waals surface area (Å²) >= 11 is 0. The van der Waals surface area contributed by atoms with Gasteiger partial charge in [0, 0.05) is 0 Å². The van der Waals surface area contributed by atoms with E-state index in [1.54, 1.807) is 6.07 Å². The third-order valence-electron chi connectivity index (χ3n) is 8.16. The normalized spacial score (nSPS) is 12.4. The molecule has 0 heterocycles. The largest absolute Gasteiger partial charge is 0.416 e. The van der Waals surface area contributed by atoms with Crippen LogP contribution in [0.5, 0.6) is 0 Å². The Balaban J connectivity index is 1.48. The number of benzene rings is 8. The Morgan fingerprint density at radius 2 is 0.825 bits per heavy atom. The highest BCUT2D eigenvalue weighted by Crippen LogP contribution is 2.46. The first kappa shape index (κ1) is 23.0. The van der Waals surface area contributed by atoms with E-state index in [9.17, 15) is 13.2 Å². The monoisotopic (exact) mass is 522 g/mol. The van der Waals surface area contributed by atoms with Crippen molar-refractivity contribution in [1.82, 2.24) is 0 Å². The molecule has 0 aliphatic heterocycles. The van der Waals surface area contributed by atoms with Crippen LogP contribution in [0, 0.1) is 0 Å². The topological polar surface area (TPSA) is 0 Å². The smallest absolute Gasteiger partial charge is 0.166 e. The Bertz CT molecular complexity index is 2140. The van der Waals surface area contributed by atoms with Gasteiger partial charge in [0.2, 0.25) is 0 Å². The average Bonchev–Trinajstić information content (AvgIpc) is 2.98. The lowest BCUT2D eigenvalue weighted by atomic mass is 9.84. The van der Waals surface area contributed by atoms with E-state index in [4.69, 9.17) is 0 Å². The molecule has 0 bridgehead atoms. The molecule has 0 nitrogen and oxygen atoms in total. The van der Waals surface area contributed by atoms with Gasteiger partial charge in [0.25, 0.3) is 0 Å². The van der Waals surface area contributed by atoms with Gasteiger partial charge in [-0.15, -0.1) is 0 Å². The maximum absolute atomic E-state index is 13.7. The molecule has 0 radical (unpaired) electrons. The standard InChI is InChI=1S/C37H21F3/c38-37(39,40)28-10-6-9-24(21-28)35-29-11-1-3-13-31(29)36(32-14-4-2-12-30(32)35)27-19-25-17-15-22-7-5-8-23-16-18-26(20-27)34(25)33(22)23/h1-21H. The first-order valence-corrected chi connectivity index (χ1v) is 13.3. The Kier molecular flexibility index (Phi) is 4.78. The van der Waals surface area contributed by atoms with E-state index in [1.807, 2.05) is 36.4 Å². The highest BCUT2D eigenvalue weighted by molar-refractivity contribution is 6.26. The number of hydrogen-bond donors (Lipinski definition) is 0. The van der Waals surface area contributed by atoms with Crippen LogP contribution in [0.4, 0.5) is 13.2 Å². The van der Waals surface area contributed by atoms with Crippen molar-refractivity contribution < 1.29 is 13.2 Å². The molecule has 0 aromatic heterocycles. The van der Waals surface area contributed by atoms with Crippen molar-refractivity contribution in [3.63, 3.8) is 0 Å². The van der Waals surface area contributed by atoms with Crippen LogP contribution in [0.15, 0.2) is 127 Å². The predicted molar refractivity (Wildman–Crippen MR) is 161 cm³/mol. The molecule has 40 heavy (non-hydrogen) atoms. The summed E-state index contributed by atoms with van der Waals surface area (Å²) < 4.78 is 41.1.